The summed E-state index contributed by atoms with van der Waals surface area (Å²) < 4.78 is 5.58. The molecule has 7 heteroatoms. The summed E-state index contributed by atoms with van der Waals surface area (Å²) in [5.41, 5.74) is 2.20. The Kier molecular flexibility index (Phi) is 3.81. The van der Waals surface area contributed by atoms with Crippen LogP contribution in [0.5, 0.6) is 0 Å². The van der Waals surface area contributed by atoms with Crippen LogP contribution < -0.4 is 0 Å². The first kappa shape index (κ1) is 13.9. The Morgan fingerprint density at radius 2 is 2.10 bits per heavy atom. The standard InChI is InChI=1S/C14H9ClN2O3S/c15-11-6-5-10(17(18)19)7-9(11)8-21-14-16-12-3-1-2-4-13(12)20-14/h1-7H,8H2. The number of nitro benzene ring substituents is 1. The number of nitro groups is 1. The summed E-state index contributed by atoms with van der Waals surface area (Å²) in [5.74, 6) is 0.452. The maximum atomic E-state index is 10.8. The summed E-state index contributed by atoms with van der Waals surface area (Å²) in [4.78, 5) is 14.7. The van der Waals surface area contributed by atoms with E-state index < -0.39 is 4.92 Å². The molecule has 3 aromatic rings. The highest BCUT2D eigenvalue weighted by atomic mass is 35.5. The van der Waals surface area contributed by atoms with Crippen LogP contribution in [0.1, 0.15) is 5.56 Å². The molecule has 106 valence electrons. The first-order valence-electron chi connectivity index (χ1n) is 6.04. The number of para-hydroxylation sites is 2. The van der Waals surface area contributed by atoms with Crippen LogP contribution in [0.25, 0.3) is 11.1 Å². The van der Waals surface area contributed by atoms with E-state index in [-0.39, 0.29) is 5.69 Å². The fourth-order valence-corrected chi connectivity index (χ4v) is 2.93. The topological polar surface area (TPSA) is 69.2 Å². The average Bonchev–Trinajstić information content (AvgIpc) is 2.89. The minimum absolute atomic E-state index is 0.0209. The molecular weight excluding hydrogens is 312 g/mol. The van der Waals surface area contributed by atoms with Gasteiger partial charge in [0.05, 0.1) is 4.92 Å². The summed E-state index contributed by atoms with van der Waals surface area (Å²) in [7, 11) is 0. The van der Waals surface area contributed by atoms with Gasteiger partial charge in [-0.25, -0.2) is 4.98 Å². The molecule has 0 amide bonds. The Morgan fingerprint density at radius 3 is 2.86 bits per heavy atom. The summed E-state index contributed by atoms with van der Waals surface area (Å²) >= 11 is 7.41. The summed E-state index contributed by atoms with van der Waals surface area (Å²) in [6.07, 6.45) is 0. The SMILES string of the molecule is O=[N+]([O-])c1ccc(Cl)c(CSc2nc3ccccc3o2)c1. The maximum absolute atomic E-state index is 10.8. The molecule has 2 aromatic carbocycles. The molecule has 3 rings (SSSR count). The monoisotopic (exact) mass is 320 g/mol. The second-order valence-electron chi connectivity index (χ2n) is 4.27. The minimum atomic E-state index is -0.441. The molecule has 0 spiro atoms. The maximum Gasteiger partial charge on any atom is 0.269 e. The van der Waals surface area contributed by atoms with E-state index in [4.69, 9.17) is 16.0 Å². The van der Waals surface area contributed by atoms with Gasteiger partial charge in [-0.3, -0.25) is 10.1 Å². The van der Waals surface area contributed by atoms with Gasteiger partial charge in [0, 0.05) is 22.9 Å². The number of hydrogen-bond acceptors (Lipinski definition) is 5. The molecule has 0 radical (unpaired) electrons. The molecule has 0 bridgehead atoms. The zero-order chi connectivity index (χ0) is 14.8. The molecule has 0 N–H and O–H groups in total. The number of nitrogens with zero attached hydrogens (tertiary/aromatic N) is 2. The van der Waals surface area contributed by atoms with E-state index in [1.807, 2.05) is 24.3 Å². The second-order valence-corrected chi connectivity index (χ2v) is 5.60. The van der Waals surface area contributed by atoms with Crippen LogP contribution in [-0.2, 0) is 5.75 Å². The van der Waals surface area contributed by atoms with Crippen molar-refractivity contribution in [1.29, 1.82) is 0 Å². The van der Waals surface area contributed by atoms with E-state index in [1.165, 1.54) is 30.0 Å². The van der Waals surface area contributed by atoms with Gasteiger partial charge in [-0.2, -0.15) is 0 Å². The van der Waals surface area contributed by atoms with Gasteiger partial charge < -0.3 is 4.42 Å². The lowest BCUT2D eigenvalue weighted by molar-refractivity contribution is -0.384. The fraction of sp³-hybridized carbons (Fsp3) is 0.0714. The Bertz CT molecular complexity index is 786. The number of oxazole rings is 1. The Hall–Kier alpha value is -2.05. The molecule has 0 saturated heterocycles. The lowest BCUT2D eigenvalue weighted by atomic mass is 10.2. The van der Waals surface area contributed by atoms with Crippen LogP contribution in [-0.4, -0.2) is 9.91 Å². The number of thioether (sulfide) groups is 1. The third-order valence-corrected chi connectivity index (χ3v) is 4.11. The van der Waals surface area contributed by atoms with Crippen LogP contribution in [0.15, 0.2) is 52.1 Å². The van der Waals surface area contributed by atoms with Gasteiger partial charge in [0.2, 0.25) is 0 Å². The molecule has 1 heterocycles. The number of halogens is 1. The first-order valence-corrected chi connectivity index (χ1v) is 7.41. The highest BCUT2D eigenvalue weighted by Crippen LogP contribution is 2.30. The highest BCUT2D eigenvalue weighted by molar-refractivity contribution is 7.98. The van der Waals surface area contributed by atoms with Crippen molar-refractivity contribution < 1.29 is 9.34 Å². The number of benzene rings is 2. The first-order chi connectivity index (χ1) is 10.1. The molecule has 0 aliphatic rings. The van der Waals surface area contributed by atoms with E-state index in [9.17, 15) is 10.1 Å². The van der Waals surface area contributed by atoms with Gasteiger partial charge >= 0.3 is 0 Å². The highest BCUT2D eigenvalue weighted by Gasteiger charge is 2.12. The lowest BCUT2D eigenvalue weighted by Gasteiger charge is -2.01. The molecule has 0 aliphatic carbocycles. The van der Waals surface area contributed by atoms with Crippen molar-refractivity contribution in [2.24, 2.45) is 0 Å². The Labute approximate surface area is 129 Å². The fourth-order valence-electron chi connectivity index (χ4n) is 1.84. The van der Waals surface area contributed by atoms with Gasteiger partial charge in [-0.1, -0.05) is 35.5 Å². The second kappa shape index (κ2) is 5.75. The van der Waals surface area contributed by atoms with E-state index in [2.05, 4.69) is 4.98 Å². The Morgan fingerprint density at radius 1 is 1.29 bits per heavy atom. The third kappa shape index (κ3) is 3.01. The van der Waals surface area contributed by atoms with Crippen LogP contribution in [0.2, 0.25) is 5.02 Å². The zero-order valence-corrected chi connectivity index (χ0v) is 12.2. The van der Waals surface area contributed by atoms with Crippen LogP contribution in [0.4, 0.5) is 5.69 Å². The van der Waals surface area contributed by atoms with Crippen molar-refractivity contribution in [3.05, 3.63) is 63.2 Å². The van der Waals surface area contributed by atoms with Crippen molar-refractivity contribution in [3.63, 3.8) is 0 Å². The summed E-state index contributed by atoms with van der Waals surface area (Å²) in [6, 6.07) is 11.8. The van der Waals surface area contributed by atoms with Gasteiger partial charge in [-0.15, -0.1) is 0 Å². The van der Waals surface area contributed by atoms with Gasteiger partial charge in [0.15, 0.2) is 5.58 Å². The molecule has 0 saturated carbocycles. The number of rotatable bonds is 4. The summed E-state index contributed by atoms with van der Waals surface area (Å²) in [6.45, 7) is 0. The van der Waals surface area contributed by atoms with Crippen LogP contribution in [0.3, 0.4) is 0 Å². The van der Waals surface area contributed by atoms with E-state index in [0.717, 1.165) is 5.52 Å². The van der Waals surface area contributed by atoms with Gasteiger partial charge in [0.1, 0.15) is 5.52 Å². The minimum Gasteiger partial charge on any atom is -0.431 e. The lowest BCUT2D eigenvalue weighted by Crippen LogP contribution is -1.90. The average molecular weight is 321 g/mol. The third-order valence-electron chi connectivity index (χ3n) is 2.87. The van der Waals surface area contributed by atoms with Crippen molar-refractivity contribution >= 4 is 40.1 Å². The van der Waals surface area contributed by atoms with Gasteiger partial charge in [-0.05, 0) is 23.8 Å². The normalized spacial score (nSPS) is 10.9. The molecule has 1 aromatic heterocycles. The molecule has 0 atom stereocenters. The molecule has 5 nitrogen and oxygen atoms in total. The predicted octanol–water partition coefficient (Wildman–Crippen LogP) is 4.68. The molecule has 0 aliphatic heterocycles. The molecular formula is C14H9ClN2O3S. The predicted molar refractivity (Wildman–Crippen MR) is 81.7 cm³/mol. The number of fused-ring (bicyclic) bond motifs is 1. The van der Waals surface area contributed by atoms with Gasteiger partial charge in [0.25, 0.3) is 10.9 Å². The molecule has 0 fully saturated rings. The smallest absolute Gasteiger partial charge is 0.269 e. The number of hydrogen-bond donors (Lipinski definition) is 0. The Balaban J connectivity index is 1.80. The van der Waals surface area contributed by atoms with E-state index in [0.29, 0.717) is 27.1 Å². The van der Waals surface area contributed by atoms with E-state index in [1.54, 1.807) is 0 Å². The molecule has 0 unspecified atom stereocenters. The van der Waals surface area contributed by atoms with Crippen molar-refractivity contribution in [3.8, 4) is 0 Å². The number of aromatic nitrogens is 1. The molecule has 21 heavy (non-hydrogen) atoms. The van der Waals surface area contributed by atoms with Crippen molar-refractivity contribution in [2.45, 2.75) is 11.0 Å². The largest absolute Gasteiger partial charge is 0.431 e. The van der Waals surface area contributed by atoms with Crippen molar-refractivity contribution in [1.82, 2.24) is 4.98 Å². The zero-order valence-electron chi connectivity index (χ0n) is 10.7. The number of non-ortho nitro benzene ring substituents is 1. The van der Waals surface area contributed by atoms with Crippen molar-refractivity contribution in [2.75, 3.05) is 0 Å². The van der Waals surface area contributed by atoms with E-state index >= 15 is 0 Å². The quantitative estimate of drug-likeness (QED) is 0.396. The van der Waals surface area contributed by atoms with Crippen LogP contribution >= 0.6 is 23.4 Å². The summed E-state index contributed by atoms with van der Waals surface area (Å²) in [5, 5.41) is 11.8. The van der Waals surface area contributed by atoms with Crippen LogP contribution in [0, 0.1) is 10.1 Å².